The Hall–Kier alpha value is -1.35. The molecule has 1 aromatic rings. The SMILES string of the molecule is CN[C@H](C(N)=O)c1ccc(C)cc1. The molecule has 0 spiro atoms. The average molecular weight is 178 g/mol. The fraction of sp³-hybridized carbons (Fsp3) is 0.300. The maximum absolute atomic E-state index is 11.0. The number of aryl methyl sites for hydroxylation is 1. The predicted octanol–water partition coefficient (Wildman–Crippen LogP) is 0.741. The van der Waals surface area contributed by atoms with E-state index < -0.39 is 0 Å². The number of carbonyl (C=O) groups excluding carboxylic acids is 1. The van der Waals surface area contributed by atoms with Gasteiger partial charge in [0.05, 0.1) is 0 Å². The summed E-state index contributed by atoms with van der Waals surface area (Å²) in [6.07, 6.45) is 0. The standard InChI is InChI=1S/C10H14N2O/c1-7-3-5-8(6-4-7)9(12-2)10(11)13/h3-6,9,12H,1-2H3,(H2,11,13)/t9-/m0/s1. The summed E-state index contributed by atoms with van der Waals surface area (Å²) in [5, 5.41) is 2.86. The van der Waals surface area contributed by atoms with Gasteiger partial charge in [0.2, 0.25) is 5.91 Å². The second kappa shape index (κ2) is 4.05. The third kappa shape index (κ3) is 2.29. The minimum Gasteiger partial charge on any atom is -0.368 e. The molecule has 0 saturated heterocycles. The lowest BCUT2D eigenvalue weighted by Gasteiger charge is -2.12. The summed E-state index contributed by atoms with van der Waals surface area (Å²) < 4.78 is 0. The third-order valence-corrected chi connectivity index (χ3v) is 1.98. The minimum absolute atomic E-state index is 0.355. The Kier molecular flexibility index (Phi) is 3.03. The molecule has 1 atom stereocenters. The van der Waals surface area contributed by atoms with E-state index in [9.17, 15) is 4.79 Å². The lowest BCUT2D eigenvalue weighted by atomic mass is 10.1. The quantitative estimate of drug-likeness (QED) is 0.717. The van der Waals surface area contributed by atoms with Gasteiger partial charge in [-0.15, -0.1) is 0 Å². The molecule has 1 aromatic carbocycles. The number of hydrogen-bond donors (Lipinski definition) is 2. The van der Waals surface area contributed by atoms with Gasteiger partial charge in [-0.2, -0.15) is 0 Å². The molecule has 1 amide bonds. The van der Waals surface area contributed by atoms with E-state index in [1.54, 1.807) is 7.05 Å². The first-order valence-corrected chi connectivity index (χ1v) is 4.18. The molecular formula is C10H14N2O. The number of amides is 1. The molecule has 0 aliphatic heterocycles. The van der Waals surface area contributed by atoms with Gasteiger partial charge in [-0.3, -0.25) is 4.79 Å². The normalized spacial score (nSPS) is 12.5. The van der Waals surface area contributed by atoms with Crippen LogP contribution in [0.5, 0.6) is 0 Å². The van der Waals surface area contributed by atoms with E-state index >= 15 is 0 Å². The van der Waals surface area contributed by atoms with Crippen LogP contribution in [0.4, 0.5) is 0 Å². The molecule has 1 rings (SSSR count). The smallest absolute Gasteiger partial charge is 0.239 e. The van der Waals surface area contributed by atoms with Gasteiger partial charge in [0.25, 0.3) is 0 Å². The molecule has 0 aliphatic rings. The van der Waals surface area contributed by atoms with Gasteiger partial charge in [-0.05, 0) is 19.5 Å². The number of hydrogen-bond acceptors (Lipinski definition) is 2. The van der Waals surface area contributed by atoms with E-state index in [1.807, 2.05) is 31.2 Å². The second-order valence-corrected chi connectivity index (χ2v) is 3.03. The van der Waals surface area contributed by atoms with Gasteiger partial charge in [0, 0.05) is 0 Å². The first kappa shape index (κ1) is 9.74. The van der Waals surface area contributed by atoms with Gasteiger partial charge in [0.1, 0.15) is 6.04 Å². The molecule has 3 nitrogen and oxygen atoms in total. The average Bonchev–Trinajstić information content (AvgIpc) is 2.09. The van der Waals surface area contributed by atoms with E-state index in [0.29, 0.717) is 0 Å². The third-order valence-electron chi connectivity index (χ3n) is 1.98. The molecule has 3 heteroatoms. The molecule has 0 heterocycles. The number of carbonyl (C=O) groups is 1. The Labute approximate surface area is 77.9 Å². The van der Waals surface area contributed by atoms with Crippen LogP contribution in [0.25, 0.3) is 0 Å². The van der Waals surface area contributed by atoms with Crippen LogP contribution in [-0.4, -0.2) is 13.0 Å². The molecule has 3 N–H and O–H groups in total. The molecule has 0 aliphatic carbocycles. The van der Waals surface area contributed by atoms with Crippen LogP contribution >= 0.6 is 0 Å². The summed E-state index contributed by atoms with van der Waals surface area (Å²) in [5.74, 6) is -0.355. The Bertz CT molecular complexity index is 292. The van der Waals surface area contributed by atoms with Crippen molar-refractivity contribution >= 4 is 5.91 Å². The molecule has 0 aromatic heterocycles. The Balaban J connectivity index is 2.92. The van der Waals surface area contributed by atoms with Crippen LogP contribution in [0, 0.1) is 6.92 Å². The van der Waals surface area contributed by atoms with Crippen molar-refractivity contribution in [2.24, 2.45) is 5.73 Å². The van der Waals surface area contributed by atoms with E-state index in [1.165, 1.54) is 5.56 Å². The van der Waals surface area contributed by atoms with E-state index in [-0.39, 0.29) is 11.9 Å². The van der Waals surface area contributed by atoms with E-state index in [2.05, 4.69) is 5.32 Å². The fourth-order valence-electron chi connectivity index (χ4n) is 1.23. The van der Waals surface area contributed by atoms with Gasteiger partial charge < -0.3 is 11.1 Å². The van der Waals surface area contributed by atoms with Crippen molar-refractivity contribution in [2.75, 3.05) is 7.05 Å². The van der Waals surface area contributed by atoms with Crippen LogP contribution in [-0.2, 0) is 4.79 Å². The summed E-state index contributed by atoms with van der Waals surface area (Å²) in [7, 11) is 1.72. The first-order valence-electron chi connectivity index (χ1n) is 4.18. The van der Waals surface area contributed by atoms with Crippen molar-refractivity contribution in [1.82, 2.24) is 5.32 Å². The van der Waals surface area contributed by atoms with Crippen molar-refractivity contribution in [3.8, 4) is 0 Å². The highest BCUT2D eigenvalue weighted by Gasteiger charge is 2.13. The van der Waals surface area contributed by atoms with Crippen molar-refractivity contribution in [3.05, 3.63) is 35.4 Å². The topological polar surface area (TPSA) is 55.1 Å². The molecule has 0 saturated carbocycles. The van der Waals surface area contributed by atoms with Crippen LogP contribution < -0.4 is 11.1 Å². The number of rotatable bonds is 3. The molecule has 0 bridgehead atoms. The molecule has 0 fully saturated rings. The highest BCUT2D eigenvalue weighted by atomic mass is 16.1. The predicted molar refractivity (Wildman–Crippen MR) is 52.2 cm³/mol. The molecule has 0 radical (unpaired) electrons. The Morgan fingerprint density at radius 3 is 2.31 bits per heavy atom. The van der Waals surface area contributed by atoms with Crippen LogP contribution in [0.2, 0.25) is 0 Å². The summed E-state index contributed by atoms with van der Waals surface area (Å²) in [6.45, 7) is 2.00. The lowest BCUT2D eigenvalue weighted by molar-refractivity contribution is -0.120. The summed E-state index contributed by atoms with van der Waals surface area (Å²) in [5.41, 5.74) is 7.29. The van der Waals surface area contributed by atoms with Crippen molar-refractivity contribution in [2.45, 2.75) is 13.0 Å². The first-order chi connectivity index (χ1) is 6.15. The van der Waals surface area contributed by atoms with Gasteiger partial charge >= 0.3 is 0 Å². The molecule has 0 unspecified atom stereocenters. The highest BCUT2D eigenvalue weighted by molar-refractivity contribution is 5.81. The monoisotopic (exact) mass is 178 g/mol. The van der Waals surface area contributed by atoms with Crippen LogP contribution in [0.1, 0.15) is 17.2 Å². The van der Waals surface area contributed by atoms with Crippen LogP contribution in [0.3, 0.4) is 0 Å². The van der Waals surface area contributed by atoms with E-state index in [4.69, 9.17) is 5.73 Å². The number of likely N-dealkylation sites (N-methyl/N-ethyl adjacent to an activating group) is 1. The fourth-order valence-corrected chi connectivity index (χ4v) is 1.23. The molecule has 13 heavy (non-hydrogen) atoms. The summed E-state index contributed by atoms with van der Waals surface area (Å²) >= 11 is 0. The van der Waals surface area contributed by atoms with Crippen molar-refractivity contribution in [1.29, 1.82) is 0 Å². The molecular weight excluding hydrogens is 164 g/mol. The van der Waals surface area contributed by atoms with Crippen molar-refractivity contribution in [3.63, 3.8) is 0 Å². The zero-order valence-electron chi connectivity index (χ0n) is 7.87. The number of benzene rings is 1. The largest absolute Gasteiger partial charge is 0.368 e. The minimum atomic E-state index is -0.388. The maximum Gasteiger partial charge on any atom is 0.239 e. The summed E-state index contributed by atoms with van der Waals surface area (Å²) in [4.78, 5) is 11.0. The number of primary amides is 1. The zero-order valence-corrected chi connectivity index (χ0v) is 7.87. The zero-order chi connectivity index (χ0) is 9.84. The van der Waals surface area contributed by atoms with Gasteiger partial charge in [0.15, 0.2) is 0 Å². The van der Waals surface area contributed by atoms with E-state index in [0.717, 1.165) is 5.56 Å². The van der Waals surface area contributed by atoms with Gasteiger partial charge in [-0.1, -0.05) is 29.8 Å². The van der Waals surface area contributed by atoms with Gasteiger partial charge in [-0.25, -0.2) is 0 Å². The number of nitrogens with two attached hydrogens (primary N) is 1. The maximum atomic E-state index is 11.0. The molecule has 70 valence electrons. The Morgan fingerprint density at radius 1 is 1.38 bits per heavy atom. The van der Waals surface area contributed by atoms with Crippen molar-refractivity contribution < 1.29 is 4.79 Å². The Morgan fingerprint density at radius 2 is 1.92 bits per heavy atom. The lowest BCUT2D eigenvalue weighted by Crippen LogP contribution is -2.31. The van der Waals surface area contributed by atoms with Crippen LogP contribution in [0.15, 0.2) is 24.3 Å². The second-order valence-electron chi connectivity index (χ2n) is 3.03. The number of nitrogens with one attached hydrogen (secondary N) is 1. The highest BCUT2D eigenvalue weighted by Crippen LogP contribution is 2.12. The summed E-state index contributed by atoms with van der Waals surface area (Å²) in [6, 6.07) is 7.34.